The summed E-state index contributed by atoms with van der Waals surface area (Å²) in [6.45, 7) is 4.49. The van der Waals surface area contributed by atoms with Crippen molar-refractivity contribution in [3.63, 3.8) is 0 Å². The van der Waals surface area contributed by atoms with Crippen molar-refractivity contribution in [2.45, 2.75) is 20.3 Å². The number of hydrogen-bond acceptors (Lipinski definition) is 5. The third-order valence-corrected chi connectivity index (χ3v) is 4.61. The minimum absolute atomic E-state index is 0.0775. The van der Waals surface area contributed by atoms with E-state index in [2.05, 4.69) is 4.98 Å². The van der Waals surface area contributed by atoms with E-state index in [1.54, 1.807) is 14.0 Å². The Bertz CT molecular complexity index is 725. The molecular formula is C17H20N2O4S. The van der Waals surface area contributed by atoms with Crippen LogP contribution >= 0.6 is 11.3 Å². The number of rotatable bonds is 7. The zero-order valence-electron chi connectivity index (χ0n) is 13.9. The number of aliphatic carboxylic acids is 1. The first kappa shape index (κ1) is 17.9. The first-order valence-corrected chi connectivity index (χ1v) is 8.42. The Morgan fingerprint density at radius 3 is 2.54 bits per heavy atom. The van der Waals surface area contributed by atoms with Gasteiger partial charge < -0.3 is 14.7 Å². The first-order valence-electron chi connectivity index (χ1n) is 7.60. The molecule has 0 saturated heterocycles. The smallest absolute Gasteiger partial charge is 0.305 e. The molecule has 0 spiro atoms. The molecule has 0 unspecified atom stereocenters. The summed E-state index contributed by atoms with van der Waals surface area (Å²) >= 11 is 1.31. The molecule has 0 fully saturated rings. The average molecular weight is 348 g/mol. The Hall–Kier alpha value is -2.41. The van der Waals surface area contributed by atoms with Crippen molar-refractivity contribution in [3.05, 3.63) is 34.8 Å². The summed E-state index contributed by atoms with van der Waals surface area (Å²) in [5.41, 5.74) is 1.56. The number of carbonyl (C=O) groups is 2. The zero-order valence-corrected chi connectivity index (χ0v) is 14.7. The molecule has 0 bridgehead atoms. The van der Waals surface area contributed by atoms with Gasteiger partial charge in [-0.15, -0.1) is 11.3 Å². The molecule has 128 valence electrons. The number of amides is 1. The Labute approximate surface area is 144 Å². The number of thiazole rings is 1. The van der Waals surface area contributed by atoms with E-state index in [4.69, 9.17) is 9.84 Å². The molecule has 0 aliphatic carbocycles. The summed E-state index contributed by atoms with van der Waals surface area (Å²) in [7, 11) is 1.60. The van der Waals surface area contributed by atoms with Gasteiger partial charge >= 0.3 is 5.97 Å². The van der Waals surface area contributed by atoms with E-state index in [1.165, 1.54) is 16.2 Å². The van der Waals surface area contributed by atoms with E-state index in [0.717, 1.165) is 16.3 Å². The van der Waals surface area contributed by atoms with Gasteiger partial charge in [-0.3, -0.25) is 9.59 Å². The van der Waals surface area contributed by atoms with Crippen molar-refractivity contribution in [3.8, 4) is 16.3 Å². The first-order chi connectivity index (χ1) is 11.4. The van der Waals surface area contributed by atoms with Crippen molar-refractivity contribution in [2.24, 2.45) is 0 Å². The summed E-state index contributed by atoms with van der Waals surface area (Å²) in [6.07, 6.45) is -0.0775. The van der Waals surface area contributed by atoms with E-state index in [0.29, 0.717) is 17.2 Å². The fraction of sp³-hybridized carbons (Fsp3) is 0.353. The lowest BCUT2D eigenvalue weighted by Crippen LogP contribution is -2.28. The van der Waals surface area contributed by atoms with E-state index < -0.39 is 5.97 Å². The van der Waals surface area contributed by atoms with Crippen LogP contribution in [-0.2, 0) is 4.79 Å². The van der Waals surface area contributed by atoms with Gasteiger partial charge in [-0.1, -0.05) is 0 Å². The van der Waals surface area contributed by atoms with E-state index in [-0.39, 0.29) is 18.9 Å². The molecule has 1 aromatic carbocycles. The van der Waals surface area contributed by atoms with Gasteiger partial charge in [0, 0.05) is 19.2 Å². The minimum Gasteiger partial charge on any atom is -0.494 e. The molecule has 1 amide bonds. The quantitative estimate of drug-likeness (QED) is 0.832. The fourth-order valence-electron chi connectivity index (χ4n) is 2.12. The van der Waals surface area contributed by atoms with Gasteiger partial charge in [-0.2, -0.15) is 0 Å². The maximum absolute atomic E-state index is 12.4. The second-order valence-corrected chi connectivity index (χ2v) is 6.26. The van der Waals surface area contributed by atoms with Crippen LogP contribution < -0.4 is 4.74 Å². The third kappa shape index (κ3) is 4.32. The molecule has 1 heterocycles. The Morgan fingerprint density at radius 1 is 1.29 bits per heavy atom. The summed E-state index contributed by atoms with van der Waals surface area (Å²) in [6, 6.07) is 7.56. The zero-order chi connectivity index (χ0) is 17.7. The molecule has 0 saturated carbocycles. The molecule has 6 nitrogen and oxygen atoms in total. The van der Waals surface area contributed by atoms with Crippen LogP contribution in [0.4, 0.5) is 0 Å². The highest BCUT2D eigenvalue weighted by molar-refractivity contribution is 7.17. The number of aromatic nitrogens is 1. The summed E-state index contributed by atoms with van der Waals surface area (Å²) in [5.74, 6) is -0.339. The standard InChI is InChI=1S/C17H20N2O4S/c1-4-23-13-7-5-12(6-8-13)16-18-11(2)15(24-16)17(22)19(3)10-9-14(20)21/h5-8H,4,9-10H2,1-3H3,(H,20,21). The molecule has 0 aliphatic heterocycles. The Kier molecular flexibility index (Phi) is 5.92. The normalized spacial score (nSPS) is 10.5. The van der Waals surface area contributed by atoms with Crippen molar-refractivity contribution in [1.82, 2.24) is 9.88 Å². The second kappa shape index (κ2) is 7.92. The molecule has 2 rings (SSSR count). The average Bonchev–Trinajstić information content (AvgIpc) is 2.94. The van der Waals surface area contributed by atoms with Crippen molar-refractivity contribution in [2.75, 3.05) is 20.2 Å². The molecule has 24 heavy (non-hydrogen) atoms. The van der Waals surface area contributed by atoms with Crippen LogP contribution in [-0.4, -0.2) is 47.1 Å². The number of carbonyl (C=O) groups excluding carboxylic acids is 1. The number of nitrogens with zero attached hydrogens (tertiary/aromatic N) is 2. The monoisotopic (exact) mass is 348 g/mol. The fourth-order valence-corrected chi connectivity index (χ4v) is 3.18. The van der Waals surface area contributed by atoms with Gasteiger partial charge in [0.15, 0.2) is 0 Å². The number of benzene rings is 1. The molecule has 0 atom stereocenters. The lowest BCUT2D eigenvalue weighted by atomic mass is 10.2. The summed E-state index contributed by atoms with van der Waals surface area (Å²) in [4.78, 5) is 29.5. The SMILES string of the molecule is CCOc1ccc(-c2nc(C)c(C(=O)N(C)CCC(=O)O)s2)cc1. The highest BCUT2D eigenvalue weighted by Gasteiger charge is 2.20. The van der Waals surface area contributed by atoms with Gasteiger partial charge in [-0.05, 0) is 38.1 Å². The van der Waals surface area contributed by atoms with E-state index in [9.17, 15) is 9.59 Å². The van der Waals surface area contributed by atoms with E-state index in [1.807, 2.05) is 31.2 Å². The van der Waals surface area contributed by atoms with Crippen LogP contribution in [0.2, 0.25) is 0 Å². The Morgan fingerprint density at radius 2 is 1.96 bits per heavy atom. The van der Waals surface area contributed by atoms with Crippen molar-refractivity contribution in [1.29, 1.82) is 0 Å². The van der Waals surface area contributed by atoms with Crippen LogP contribution in [0.3, 0.4) is 0 Å². The topological polar surface area (TPSA) is 79.7 Å². The predicted molar refractivity (Wildman–Crippen MR) is 92.7 cm³/mol. The van der Waals surface area contributed by atoms with E-state index >= 15 is 0 Å². The maximum Gasteiger partial charge on any atom is 0.305 e. The van der Waals surface area contributed by atoms with Gasteiger partial charge in [0.25, 0.3) is 5.91 Å². The highest BCUT2D eigenvalue weighted by atomic mass is 32.1. The van der Waals surface area contributed by atoms with Gasteiger partial charge in [0.1, 0.15) is 15.6 Å². The summed E-state index contributed by atoms with van der Waals surface area (Å²) < 4.78 is 5.42. The molecule has 1 N–H and O–H groups in total. The molecule has 7 heteroatoms. The molecule has 2 aromatic rings. The minimum atomic E-state index is -0.925. The lowest BCUT2D eigenvalue weighted by Gasteiger charge is -2.14. The number of ether oxygens (including phenoxy) is 1. The second-order valence-electron chi connectivity index (χ2n) is 5.26. The largest absolute Gasteiger partial charge is 0.494 e. The molecule has 0 radical (unpaired) electrons. The Balaban J connectivity index is 2.17. The number of aryl methyl sites for hydroxylation is 1. The van der Waals surface area contributed by atoms with Crippen molar-refractivity contribution >= 4 is 23.2 Å². The third-order valence-electron chi connectivity index (χ3n) is 3.41. The summed E-state index contributed by atoms with van der Waals surface area (Å²) in [5, 5.41) is 9.48. The lowest BCUT2D eigenvalue weighted by molar-refractivity contribution is -0.137. The predicted octanol–water partition coefficient (Wildman–Crippen LogP) is 3.06. The molecule has 0 aliphatic rings. The van der Waals surface area contributed by atoms with Crippen LogP contribution in [0, 0.1) is 6.92 Å². The van der Waals surface area contributed by atoms with Crippen molar-refractivity contribution < 1.29 is 19.4 Å². The molecular weight excluding hydrogens is 328 g/mol. The molecule has 1 aromatic heterocycles. The highest BCUT2D eigenvalue weighted by Crippen LogP contribution is 2.29. The van der Waals surface area contributed by atoms with Crippen LogP contribution in [0.5, 0.6) is 5.75 Å². The van der Waals surface area contributed by atoms with Crippen LogP contribution in [0.15, 0.2) is 24.3 Å². The maximum atomic E-state index is 12.4. The van der Waals surface area contributed by atoms with Crippen LogP contribution in [0.25, 0.3) is 10.6 Å². The number of carboxylic acid groups (broad SMARTS) is 1. The van der Waals surface area contributed by atoms with Gasteiger partial charge in [0.2, 0.25) is 0 Å². The van der Waals surface area contributed by atoms with Gasteiger partial charge in [-0.25, -0.2) is 4.98 Å². The number of hydrogen-bond donors (Lipinski definition) is 1. The van der Waals surface area contributed by atoms with Crippen LogP contribution in [0.1, 0.15) is 28.7 Å². The number of carboxylic acids is 1. The van der Waals surface area contributed by atoms with Gasteiger partial charge in [0.05, 0.1) is 18.7 Å².